The Balaban J connectivity index is 1.75. The number of Topliss-reactive ketones (excluding diaryl/α,β-unsaturated/α-hetero) is 1. The predicted octanol–water partition coefficient (Wildman–Crippen LogP) is 3.29. The number of ketones is 1. The fourth-order valence-electron chi connectivity index (χ4n) is 3.21. The minimum Gasteiger partial charge on any atom is -0.495 e. The second-order valence-corrected chi connectivity index (χ2v) is 6.18. The Morgan fingerprint density at radius 2 is 2.00 bits per heavy atom. The fraction of sp³-hybridized carbons (Fsp3) is 0.300. The Morgan fingerprint density at radius 1 is 1.20 bits per heavy atom. The number of hydrogen-bond donors (Lipinski definition) is 1. The summed E-state index contributed by atoms with van der Waals surface area (Å²) < 4.78 is 5.47. The third kappa shape index (κ3) is 3.82. The van der Waals surface area contributed by atoms with Crippen LogP contribution in [0.15, 0.2) is 42.5 Å². The number of hydrogen-bond acceptors (Lipinski definition) is 4. The van der Waals surface area contributed by atoms with E-state index in [9.17, 15) is 9.59 Å². The summed E-state index contributed by atoms with van der Waals surface area (Å²) in [5, 5.41) is 2.88. The topological polar surface area (TPSA) is 58.6 Å². The molecule has 0 unspecified atom stereocenters. The summed E-state index contributed by atoms with van der Waals surface area (Å²) in [5.41, 5.74) is 3.43. The van der Waals surface area contributed by atoms with E-state index in [0.717, 1.165) is 30.8 Å². The van der Waals surface area contributed by atoms with Crippen LogP contribution in [0.3, 0.4) is 0 Å². The van der Waals surface area contributed by atoms with Gasteiger partial charge in [0.1, 0.15) is 5.75 Å². The largest absolute Gasteiger partial charge is 0.495 e. The van der Waals surface area contributed by atoms with Crippen LogP contribution in [-0.4, -0.2) is 31.9 Å². The number of rotatable bonds is 5. The van der Waals surface area contributed by atoms with Gasteiger partial charge in [-0.2, -0.15) is 0 Å². The van der Waals surface area contributed by atoms with E-state index in [-0.39, 0.29) is 18.2 Å². The van der Waals surface area contributed by atoms with Crippen molar-refractivity contribution < 1.29 is 14.3 Å². The summed E-state index contributed by atoms with van der Waals surface area (Å²) in [7, 11) is 1.65. The number of fused-ring (bicyclic) bond motifs is 1. The zero-order valence-electron chi connectivity index (χ0n) is 14.5. The first kappa shape index (κ1) is 17.0. The van der Waals surface area contributed by atoms with Crippen LogP contribution in [0.25, 0.3) is 0 Å². The molecule has 0 saturated heterocycles. The number of benzene rings is 2. The SMILES string of the molecule is COc1cccc2c1N(CC(=O)Nc1cccc(C(C)=O)c1)CCC2. The molecule has 1 aliphatic rings. The molecule has 25 heavy (non-hydrogen) atoms. The smallest absolute Gasteiger partial charge is 0.243 e. The number of ether oxygens (including phenoxy) is 1. The van der Waals surface area contributed by atoms with Crippen molar-refractivity contribution in [3.05, 3.63) is 53.6 Å². The minimum atomic E-state index is -0.112. The maximum Gasteiger partial charge on any atom is 0.243 e. The molecule has 5 heteroatoms. The van der Waals surface area contributed by atoms with E-state index in [0.29, 0.717) is 11.3 Å². The number of methoxy groups -OCH3 is 1. The van der Waals surface area contributed by atoms with Crippen molar-refractivity contribution in [3.8, 4) is 5.75 Å². The lowest BCUT2D eigenvalue weighted by Gasteiger charge is -2.32. The van der Waals surface area contributed by atoms with Crippen LogP contribution in [0.4, 0.5) is 11.4 Å². The molecule has 1 amide bonds. The van der Waals surface area contributed by atoms with Crippen LogP contribution >= 0.6 is 0 Å². The predicted molar refractivity (Wildman–Crippen MR) is 98.6 cm³/mol. The third-order valence-electron chi connectivity index (χ3n) is 4.38. The summed E-state index contributed by atoms with van der Waals surface area (Å²) in [4.78, 5) is 26.0. The number of nitrogens with zero attached hydrogens (tertiary/aromatic N) is 1. The summed E-state index contributed by atoms with van der Waals surface area (Å²) in [6, 6.07) is 13.0. The minimum absolute atomic E-state index is 0.0224. The Kier molecular flexibility index (Phi) is 5.03. The van der Waals surface area contributed by atoms with E-state index in [4.69, 9.17) is 4.74 Å². The Morgan fingerprint density at radius 3 is 2.76 bits per heavy atom. The van der Waals surface area contributed by atoms with Crippen LogP contribution in [0.1, 0.15) is 29.3 Å². The van der Waals surface area contributed by atoms with Gasteiger partial charge in [0.05, 0.1) is 19.3 Å². The molecule has 130 valence electrons. The van der Waals surface area contributed by atoms with Crippen molar-refractivity contribution in [2.45, 2.75) is 19.8 Å². The van der Waals surface area contributed by atoms with Crippen LogP contribution < -0.4 is 15.0 Å². The van der Waals surface area contributed by atoms with E-state index < -0.39 is 0 Å². The summed E-state index contributed by atoms with van der Waals surface area (Å²) >= 11 is 0. The summed E-state index contributed by atoms with van der Waals surface area (Å²) in [6.45, 7) is 2.57. The van der Waals surface area contributed by atoms with Crippen molar-refractivity contribution in [3.63, 3.8) is 0 Å². The summed E-state index contributed by atoms with van der Waals surface area (Å²) in [5.74, 6) is 0.661. The van der Waals surface area contributed by atoms with E-state index in [1.165, 1.54) is 12.5 Å². The van der Waals surface area contributed by atoms with Gasteiger partial charge in [0.25, 0.3) is 0 Å². The number of anilines is 2. The van der Waals surface area contributed by atoms with Gasteiger partial charge in [0.2, 0.25) is 5.91 Å². The number of amides is 1. The average molecular weight is 338 g/mol. The second kappa shape index (κ2) is 7.38. The molecule has 0 saturated carbocycles. The van der Waals surface area contributed by atoms with Gasteiger partial charge in [-0.3, -0.25) is 9.59 Å². The molecule has 0 spiro atoms. The number of carbonyl (C=O) groups excluding carboxylic acids is 2. The van der Waals surface area contributed by atoms with E-state index in [2.05, 4.69) is 16.3 Å². The van der Waals surface area contributed by atoms with Crippen molar-refractivity contribution in [2.24, 2.45) is 0 Å². The lowest BCUT2D eigenvalue weighted by atomic mass is 10.0. The highest BCUT2D eigenvalue weighted by Gasteiger charge is 2.22. The monoisotopic (exact) mass is 338 g/mol. The van der Waals surface area contributed by atoms with Crippen molar-refractivity contribution in [2.75, 3.05) is 30.4 Å². The van der Waals surface area contributed by atoms with Gasteiger partial charge in [-0.05, 0) is 43.5 Å². The molecular formula is C20H22N2O3. The molecular weight excluding hydrogens is 316 g/mol. The van der Waals surface area contributed by atoms with Crippen LogP contribution in [0.5, 0.6) is 5.75 Å². The number of aryl methyl sites for hydroxylation is 1. The van der Waals surface area contributed by atoms with Gasteiger partial charge in [-0.25, -0.2) is 0 Å². The van der Waals surface area contributed by atoms with Gasteiger partial charge in [0, 0.05) is 17.8 Å². The highest BCUT2D eigenvalue weighted by molar-refractivity contribution is 5.98. The van der Waals surface area contributed by atoms with Gasteiger partial charge in [0.15, 0.2) is 5.78 Å². The Hall–Kier alpha value is -2.82. The molecule has 1 aliphatic heterocycles. The first-order valence-corrected chi connectivity index (χ1v) is 8.40. The normalized spacial score (nSPS) is 13.1. The molecule has 2 aromatic carbocycles. The standard InChI is InChI=1S/C20H22N2O3/c1-14(23)16-7-3-9-17(12-16)21-19(24)13-22-11-5-8-15-6-4-10-18(25-2)20(15)22/h3-4,6-7,9-10,12H,5,8,11,13H2,1-2H3,(H,21,24). The Bertz CT molecular complexity index is 787. The molecule has 0 aromatic heterocycles. The van der Waals surface area contributed by atoms with Gasteiger partial charge >= 0.3 is 0 Å². The zero-order chi connectivity index (χ0) is 17.8. The van der Waals surface area contributed by atoms with Crippen LogP contribution in [0, 0.1) is 0 Å². The fourth-order valence-corrected chi connectivity index (χ4v) is 3.21. The molecule has 0 aliphatic carbocycles. The van der Waals surface area contributed by atoms with E-state index in [1.807, 2.05) is 12.1 Å². The Labute approximate surface area is 147 Å². The number of para-hydroxylation sites is 1. The first-order valence-electron chi connectivity index (χ1n) is 8.40. The molecule has 1 N–H and O–H groups in total. The highest BCUT2D eigenvalue weighted by atomic mass is 16.5. The van der Waals surface area contributed by atoms with Crippen molar-refractivity contribution in [1.82, 2.24) is 0 Å². The third-order valence-corrected chi connectivity index (χ3v) is 4.38. The maximum atomic E-state index is 12.5. The van der Waals surface area contributed by atoms with Crippen LogP contribution in [-0.2, 0) is 11.2 Å². The molecule has 1 heterocycles. The van der Waals surface area contributed by atoms with Crippen LogP contribution in [0.2, 0.25) is 0 Å². The molecule has 0 fully saturated rings. The van der Waals surface area contributed by atoms with Gasteiger partial charge < -0.3 is 15.0 Å². The van der Waals surface area contributed by atoms with E-state index in [1.54, 1.807) is 31.4 Å². The molecule has 5 nitrogen and oxygen atoms in total. The lowest BCUT2D eigenvalue weighted by Crippen LogP contribution is -2.37. The first-order chi connectivity index (χ1) is 12.1. The zero-order valence-corrected chi connectivity index (χ0v) is 14.5. The lowest BCUT2D eigenvalue weighted by molar-refractivity contribution is -0.115. The molecule has 3 rings (SSSR count). The molecule has 0 radical (unpaired) electrons. The van der Waals surface area contributed by atoms with E-state index >= 15 is 0 Å². The second-order valence-electron chi connectivity index (χ2n) is 6.18. The summed E-state index contributed by atoms with van der Waals surface area (Å²) in [6.07, 6.45) is 2.00. The van der Waals surface area contributed by atoms with Crippen molar-refractivity contribution >= 4 is 23.1 Å². The molecule has 0 bridgehead atoms. The molecule has 2 aromatic rings. The number of carbonyl (C=O) groups is 2. The van der Waals surface area contributed by atoms with Gasteiger partial charge in [-0.1, -0.05) is 24.3 Å². The average Bonchev–Trinajstić information content (AvgIpc) is 2.61. The van der Waals surface area contributed by atoms with Gasteiger partial charge in [-0.15, -0.1) is 0 Å². The maximum absolute atomic E-state index is 12.5. The molecule has 0 atom stereocenters. The highest BCUT2D eigenvalue weighted by Crippen LogP contribution is 2.35. The number of nitrogens with one attached hydrogen (secondary N) is 1. The quantitative estimate of drug-likeness (QED) is 0.850. The van der Waals surface area contributed by atoms with Crippen molar-refractivity contribution in [1.29, 1.82) is 0 Å².